The van der Waals surface area contributed by atoms with Crippen LogP contribution < -0.4 is 0 Å². The van der Waals surface area contributed by atoms with Crippen LogP contribution in [-0.2, 0) is 18.9 Å². The van der Waals surface area contributed by atoms with Crippen molar-refractivity contribution >= 4 is 0 Å². The second-order valence-electron chi connectivity index (χ2n) is 13.5. The lowest BCUT2D eigenvalue weighted by atomic mass is 9.68. The van der Waals surface area contributed by atoms with Crippen molar-refractivity contribution in [2.45, 2.75) is 109 Å². The molecule has 0 radical (unpaired) electrons. The van der Waals surface area contributed by atoms with Crippen LogP contribution in [0.4, 0.5) is 0 Å². The number of aliphatic hydroxyl groups excluding tert-OH is 5. The zero-order valence-corrected chi connectivity index (χ0v) is 25.5. The van der Waals surface area contributed by atoms with Crippen molar-refractivity contribution < 1.29 is 44.5 Å². The van der Waals surface area contributed by atoms with Crippen molar-refractivity contribution in [3.63, 3.8) is 0 Å². The first-order chi connectivity index (χ1) is 19.3. The van der Waals surface area contributed by atoms with Gasteiger partial charge in [-0.2, -0.15) is 0 Å². The predicted molar refractivity (Wildman–Crippen MR) is 154 cm³/mol. The molecule has 234 valence electrons. The van der Waals surface area contributed by atoms with Gasteiger partial charge in [-0.15, -0.1) is 6.58 Å². The number of methoxy groups -OCH3 is 1. The second kappa shape index (κ2) is 12.8. The zero-order valence-electron chi connectivity index (χ0n) is 25.5. The number of aliphatic hydroxyl groups is 5. The van der Waals surface area contributed by atoms with Crippen molar-refractivity contribution in [1.82, 2.24) is 0 Å². The monoisotopic (exact) mass is 580 g/mol. The Morgan fingerprint density at radius 1 is 1.12 bits per heavy atom. The largest absolute Gasteiger partial charge is 0.396 e. The van der Waals surface area contributed by atoms with E-state index in [0.29, 0.717) is 6.61 Å². The lowest BCUT2D eigenvalue weighted by molar-refractivity contribution is -0.319. The topological polar surface area (TPSA) is 138 Å². The minimum Gasteiger partial charge on any atom is -0.396 e. The van der Waals surface area contributed by atoms with E-state index in [1.54, 1.807) is 13.2 Å². The molecule has 1 heterocycles. The van der Waals surface area contributed by atoms with Gasteiger partial charge in [-0.1, -0.05) is 44.1 Å². The average Bonchev–Trinajstić information content (AvgIpc) is 3.49. The molecule has 0 bridgehead atoms. The molecule has 9 heteroatoms. The Morgan fingerprint density at radius 2 is 1.83 bits per heavy atom. The lowest BCUT2D eigenvalue weighted by Crippen LogP contribution is -2.61. The van der Waals surface area contributed by atoms with Crippen LogP contribution in [0.15, 0.2) is 35.5 Å². The maximum absolute atomic E-state index is 12.0. The van der Waals surface area contributed by atoms with E-state index >= 15 is 0 Å². The van der Waals surface area contributed by atoms with Crippen LogP contribution in [0.1, 0.15) is 60.3 Å². The molecule has 0 aromatic heterocycles. The molecule has 0 spiro atoms. The summed E-state index contributed by atoms with van der Waals surface area (Å²) in [5, 5.41) is 54.6. The van der Waals surface area contributed by atoms with Crippen LogP contribution in [0.5, 0.6) is 0 Å². The van der Waals surface area contributed by atoms with Crippen molar-refractivity contribution in [3.05, 3.63) is 35.5 Å². The van der Waals surface area contributed by atoms with Gasteiger partial charge in [0, 0.05) is 31.0 Å². The van der Waals surface area contributed by atoms with Gasteiger partial charge in [0.05, 0.1) is 24.9 Å². The molecule has 1 aliphatic heterocycles. The van der Waals surface area contributed by atoms with Gasteiger partial charge in [-0.05, 0) is 56.9 Å². The van der Waals surface area contributed by atoms with Gasteiger partial charge < -0.3 is 44.5 Å². The molecule has 3 aliphatic carbocycles. The number of hydrogen-bond donors (Lipinski definition) is 5. The molecule has 5 N–H and O–H groups in total. The summed E-state index contributed by atoms with van der Waals surface area (Å²) in [5.41, 5.74) is 2.14. The highest BCUT2D eigenvalue weighted by Gasteiger charge is 2.52. The van der Waals surface area contributed by atoms with Crippen LogP contribution in [0.25, 0.3) is 0 Å². The molecule has 0 aromatic rings. The van der Waals surface area contributed by atoms with Gasteiger partial charge in [-0.3, -0.25) is 0 Å². The van der Waals surface area contributed by atoms with E-state index in [9.17, 15) is 25.5 Å². The summed E-state index contributed by atoms with van der Waals surface area (Å²) in [5.74, 6) is 0.135. The number of allylic oxidation sites excluding steroid dienone is 1. The molecular weight excluding hydrogens is 528 g/mol. The van der Waals surface area contributed by atoms with Crippen molar-refractivity contribution in [3.8, 4) is 0 Å². The lowest BCUT2D eigenvalue weighted by Gasteiger charge is -2.46. The van der Waals surface area contributed by atoms with Gasteiger partial charge in [0.25, 0.3) is 0 Å². The highest BCUT2D eigenvalue weighted by molar-refractivity contribution is 5.41. The first kappa shape index (κ1) is 32.8. The molecule has 0 aromatic carbocycles. The van der Waals surface area contributed by atoms with Crippen LogP contribution in [0.3, 0.4) is 0 Å². The van der Waals surface area contributed by atoms with Crippen LogP contribution in [0, 0.1) is 29.1 Å². The molecule has 0 amide bonds. The Balaban J connectivity index is 1.73. The highest BCUT2D eigenvalue weighted by atomic mass is 16.7. The van der Waals surface area contributed by atoms with Gasteiger partial charge in [0.15, 0.2) is 6.29 Å². The third-order valence-corrected chi connectivity index (χ3v) is 10.2. The van der Waals surface area contributed by atoms with E-state index in [-0.39, 0.29) is 36.9 Å². The summed E-state index contributed by atoms with van der Waals surface area (Å²) in [6.07, 6.45) is -1.08. The number of ether oxygens (including phenoxy) is 4. The van der Waals surface area contributed by atoms with Crippen LogP contribution in [-0.4, -0.2) is 101 Å². The standard InChI is InChI=1S/C32H52O9/c1-8-31(4,5)39-16-23-26(35)27(36)28(37)30(40-23)41-29-24-20(17(2)14-33)11-12-32(24,6)13-22-19(15-38-7)9-10-21(22)18(3)25(29)34/h8,13,17-19,21,23,25-30,33-37H,1,9-12,14-16H2,2-7H3/b22-13-/t17?,18?,19?,21?,23?,25?,26?,27?,28?,29-,30?,32?/m1/s1. The number of fused-ring (bicyclic) bond motifs is 2. The molecule has 41 heavy (non-hydrogen) atoms. The summed E-state index contributed by atoms with van der Waals surface area (Å²) in [4.78, 5) is 0. The fourth-order valence-corrected chi connectivity index (χ4v) is 7.37. The normalized spacial score (nSPS) is 43.5. The SMILES string of the molecule is C=CC(C)(C)OCC1OC(O[C@@H]2C3=C(C(C)CO)CCC3(C)/C=C3/C(COC)CCC3C(C)C2O)C(O)C(O)C1O. The quantitative estimate of drug-likeness (QED) is 0.247. The molecule has 11 unspecified atom stereocenters. The van der Waals surface area contributed by atoms with E-state index in [4.69, 9.17) is 18.9 Å². The van der Waals surface area contributed by atoms with E-state index in [2.05, 4.69) is 19.6 Å². The summed E-state index contributed by atoms with van der Waals surface area (Å²) in [7, 11) is 1.72. The summed E-state index contributed by atoms with van der Waals surface area (Å²) in [6, 6.07) is 0. The Hall–Kier alpha value is -1.14. The molecule has 4 aliphatic rings. The molecule has 12 atom stereocenters. The van der Waals surface area contributed by atoms with E-state index in [1.165, 1.54) is 5.57 Å². The Labute approximate surface area is 244 Å². The first-order valence-electron chi connectivity index (χ1n) is 15.1. The van der Waals surface area contributed by atoms with Gasteiger partial charge in [0.1, 0.15) is 30.5 Å². The fraction of sp³-hybridized carbons (Fsp3) is 0.812. The zero-order chi connectivity index (χ0) is 30.3. The minimum atomic E-state index is -1.54. The minimum absolute atomic E-state index is 0.0370. The van der Waals surface area contributed by atoms with Crippen molar-refractivity contribution in [2.24, 2.45) is 29.1 Å². The maximum Gasteiger partial charge on any atom is 0.187 e. The summed E-state index contributed by atoms with van der Waals surface area (Å²) < 4.78 is 24.0. The predicted octanol–water partition coefficient (Wildman–Crippen LogP) is 2.50. The number of hydrogen-bond acceptors (Lipinski definition) is 9. The highest BCUT2D eigenvalue weighted by Crippen LogP contribution is 2.55. The number of rotatable bonds is 10. The summed E-state index contributed by atoms with van der Waals surface area (Å²) in [6.45, 7) is 14.1. The Kier molecular flexibility index (Phi) is 10.3. The molecule has 4 rings (SSSR count). The summed E-state index contributed by atoms with van der Waals surface area (Å²) >= 11 is 0. The first-order valence-corrected chi connectivity index (χ1v) is 15.1. The molecule has 1 saturated carbocycles. The van der Waals surface area contributed by atoms with E-state index in [1.807, 2.05) is 27.7 Å². The van der Waals surface area contributed by atoms with Crippen LogP contribution in [0.2, 0.25) is 0 Å². The molecule has 1 saturated heterocycles. The maximum atomic E-state index is 12.0. The average molecular weight is 581 g/mol. The van der Waals surface area contributed by atoms with Gasteiger partial charge in [0.2, 0.25) is 0 Å². The van der Waals surface area contributed by atoms with Crippen molar-refractivity contribution in [1.29, 1.82) is 0 Å². The third-order valence-electron chi connectivity index (χ3n) is 10.2. The van der Waals surface area contributed by atoms with Gasteiger partial charge in [-0.25, -0.2) is 0 Å². The third kappa shape index (κ3) is 6.40. The van der Waals surface area contributed by atoms with E-state index < -0.39 is 53.9 Å². The second-order valence-corrected chi connectivity index (χ2v) is 13.5. The van der Waals surface area contributed by atoms with Gasteiger partial charge >= 0.3 is 0 Å². The molecule has 9 nitrogen and oxygen atoms in total. The van der Waals surface area contributed by atoms with Crippen molar-refractivity contribution in [2.75, 3.05) is 26.9 Å². The Bertz CT molecular complexity index is 992. The molecule has 2 fully saturated rings. The molecular formula is C32H52O9. The fourth-order valence-electron chi connectivity index (χ4n) is 7.37. The smallest absolute Gasteiger partial charge is 0.187 e. The van der Waals surface area contributed by atoms with Crippen LogP contribution >= 0.6 is 0 Å². The Morgan fingerprint density at radius 3 is 2.46 bits per heavy atom. The van der Waals surface area contributed by atoms with E-state index in [0.717, 1.165) is 36.8 Å².